The summed E-state index contributed by atoms with van der Waals surface area (Å²) in [7, 11) is 0. The van der Waals surface area contributed by atoms with Crippen molar-refractivity contribution in [2.45, 2.75) is 25.5 Å². The smallest absolute Gasteiger partial charge is 0.311 e. The van der Waals surface area contributed by atoms with Gasteiger partial charge in [0.1, 0.15) is 0 Å². The van der Waals surface area contributed by atoms with E-state index < -0.39 is 23.9 Å². The summed E-state index contributed by atoms with van der Waals surface area (Å²) in [5.74, 6) is 1.35. The third kappa shape index (κ3) is 4.16. The van der Waals surface area contributed by atoms with Gasteiger partial charge in [0.15, 0.2) is 6.10 Å². The fourth-order valence-electron chi connectivity index (χ4n) is 4.45. The van der Waals surface area contributed by atoms with E-state index in [1.165, 1.54) is 0 Å². The predicted octanol–water partition coefficient (Wildman–Crippen LogP) is 4.15. The van der Waals surface area contributed by atoms with Crippen molar-refractivity contribution in [3.8, 4) is 12.3 Å². The molecule has 0 aromatic heterocycles. The molecule has 4 nitrogen and oxygen atoms in total. The van der Waals surface area contributed by atoms with Gasteiger partial charge in [0, 0.05) is 18.7 Å². The first-order chi connectivity index (χ1) is 14.7. The highest BCUT2D eigenvalue weighted by Crippen LogP contribution is 2.39. The number of likely N-dealkylation sites (tertiary alicyclic amines) is 1. The molecule has 3 unspecified atom stereocenters. The van der Waals surface area contributed by atoms with Gasteiger partial charge in [0.25, 0.3) is 0 Å². The molecule has 2 aromatic carbocycles. The number of nitrogens with zero attached hydrogens (tertiary/aromatic N) is 1. The van der Waals surface area contributed by atoms with Crippen LogP contribution in [0.5, 0.6) is 0 Å². The van der Waals surface area contributed by atoms with Gasteiger partial charge in [-0.3, -0.25) is 9.59 Å². The Hall–Kier alpha value is -3.32. The third-order valence-corrected chi connectivity index (χ3v) is 6.00. The number of rotatable bonds is 5. The van der Waals surface area contributed by atoms with Crippen molar-refractivity contribution in [2.75, 3.05) is 6.54 Å². The fraction of sp³-hybridized carbons (Fsp3) is 0.308. The Balaban J connectivity index is 1.50. The molecule has 0 spiro atoms. The summed E-state index contributed by atoms with van der Waals surface area (Å²) < 4.78 is 5.70. The van der Waals surface area contributed by atoms with E-state index in [1.54, 1.807) is 0 Å². The number of hydrogen-bond donors (Lipinski definition) is 0. The third-order valence-electron chi connectivity index (χ3n) is 6.00. The van der Waals surface area contributed by atoms with E-state index in [9.17, 15) is 9.59 Å². The highest BCUT2D eigenvalue weighted by atomic mass is 16.5. The molecule has 0 saturated carbocycles. The van der Waals surface area contributed by atoms with Crippen molar-refractivity contribution >= 4 is 11.9 Å². The fourth-order valence-corrected chi connectivity index (χ4v) is 4.45. The molecule has 4 rings (SSSR count). The SMILES string of the molecule is C#CC(OC(=O)[C@H]1CC=CC2CCN(Cc3ccccc3)C(=O)C21)c1ccccc1. The first-order valence-electron chi connectivity index (χ1n) is 10.4. The van der Waals surface area contributed by atoms with Gasteiger partial charge in [-0.15, -0.1) is 6.42 Å². The summed E-state index contributed by atoms with van der Waals surface area (Å²) in [6.45, 7) is 1.25. The molecule has 0 N–H and O–H groups in total. The zero-order valence-corrected chi connectivity index (χ0v) is 16.8. The lowest BCUT2D eigenvalue weighted by molar-refractivity contribution is -0.161. The zero-order chi connectivity index (χ0) is 20.9. The maximum Gasteiger partial charge on any atom is 0.311 e. The number of carbonyl (C=O) groups excluding carboxylic acids is 2. The molecule has 1 heterocycles. The second-order valence-electron chi connectivity index (χ2n) is 7.89. The molecule has 0 radical (unpaired) electrons. The highest BCUT2D eigenvalue weighted by molar-refractivity contribution is 5.87. The van der Waals surface area contributed by atoms with Crippen molar-refractivity contribution in [3.05, 3.63) is 83.9 Å². The summed E-state index contributed by atoms with van der Waals surface area (Å²) >= 11 is 0. The van der Waals surface area contributed by atoms with Crippen LogP contribution in [0.15, 0.2) is 72.8 Å². The van der Waals surface area contributed by atoms with E-state index in [-0.39, 0.29) is 11.8 Å². The number of hydrogen-bond acceptors (Lipinski definition) is 3. The molecule has 30 heavy (non-hydrogen) atoms. The minimum atomic E-state index is -0.748. The number of carbonyl (C=O) groups is 2. The standard InChI is InChI=1S/C26H25NO3/c1-2-23(20-12-7-4-8-13-20)30-26(29)22-15-9-14-21-16-17-27(25(28)24(21)22)18-19-10-5-3-6-11-19/h1,3-14,21-24H,15-18H2/t21?,22-,23?,24?/m0/s1. The van der Waals surface area contributed by atoms with E-state index in [4.69, 9.17) is 11.2 Å². The van der Waals surface area contributed by atoms with E-state index in [0.717, 1.165) is 17.5 Å². The number of ether oxygens (including phenoxy) is 1. The largest absolute Gasteiger partial charge is 0.444 e. The first-order valence-corrected chi connectivity index (χ1v) is 10.4. The molecular formula is C26H25NO3. The average molecular weight is 399 g/mol. The van der Waals surface area contributed by atoms with Crippen LogP contribution in [0.2, 0.25) is 0 Å². The van der Waals surface area contributed by atoms with E-state index in [2.05, 4.69) is 12.0 Å². The van der Waals surface area contributed by atoms with Crippen LogP contribution in [0.1, 0.15) is 30.1 Å². The molecule has 1 amide bonds. The molecule has 152 valence electrons. The summed E-state index contributed by atoms with van der Waals surface area (Å²) in [4.78, 5) is 28.3. The van der Waals surface area contributed by atoms with Crippen LogP contribution in [0.3, 0.4) is 0 Å². The van der Waals surface area contributed by atoms with Gasteiger partial charge in [-0.05, 0) is 24.3 Å². The minimum absolute atomic E-state index is 0.0263. The molecule has 4 heteroatoms. The van der Waals surface area contributed by atoms with Crippen LogP contribution in [0, 0.1) is 30.1 Å². The van der Waals surface area contributed by atoms with Crippen LogP contribution >= 0.6 is 0 Å². The normalized spacial score (nSPS) is 23.9. The Kier molecular flexibility index (Phi) is 5.99. The van der Waals surface area contributed by atoms with Crippen molar-refractivity contribution in [1.29, 1.82) is 0 Å². The Morgan fingerprint density at radius 2 is 1.83 bits per heavy atom. The molecule has 2 aliphatic rings. The van der Waals surface area contributed by atoms with Crippen molar-refractivity contribution < 1.29 is 14.3 Å². The monoisotopic (exact) mass is 399 g/mol. The van der Waals surface area contributed by atoms with Gasteiger partial charge in [0.2, 0.25) is 5.91 Å². The van der Waals surface area contributed by atoms with Gasteiger partial charge in [-0.2, -0.15) is 0 Å². The second kappa shape index (κ2) is 9.00. The predicted molar refractivity (Wildman–Crippen MR) is 115 cm³/mol. The van der Waals surface area contributed by atoms with E-state index in [0.29, 0.717) is 19.5 Å². The van der Waals surface area contributed by atoms with Crippen molar-refractivity contribution in [3.63, 3.8) is 0 Å². The molecule has 4 atom stereocenters. The van der Waals surface area contributed by atoms with Crippen LogP contribution in [-0.4, -0.2) is 23.3 Å². The molecular weight excluding hydrogens is 374 g/mol. The molecule has 0 bridgehead atoms. The van der Waals surface area contributed by atoms with Crippen LogP contribution in [-0.2, 0) is 20.9 Å². The summed E-state index contributed by atoms with van der Waals surface area (Å²) in [6, 6.07) is 19.2. The van der Waals surface area contributed by atoms with Gasteiger partial charge in [-0.25, -0.2) is 0 Å². The number of allylic oxidation sites excluding steroid dienone is 2. The van der Waals surface area contributed by atoms with Crippen LogP contribution < -0.4 is 0 Å². The Morgan fingerprint density at radius 3 is 2.53 bits per heavy atom. The number of fused-ring (bicyclic) bond motifs is 1. The Bertz CT molecular complexity index is 961. The molecule has 1 aliphatic carbocycles. The maximum atomic E-state index is 13.3. The number of benzene rings is 2. The second-order valence-corrected chi connectivity index (χ2v) is 7.89. The number of amides is 1. The highest BCUT2D eigenvalue weighted by Gasteiger charge is 2.45. The summed E-state index contributed by atoms with van der Waals surface area (Å²) in [6.07, 6.45) is 10.3. The summed E-state index contributed by atoms with van der Waals surface area (Å²) in [5, 5.41) is 0. The van der Waals surface area contributed by atoms with Gasteiger partial charge in [0.05, 0.1) is 11.8 Å². The van der Waals surface area contributed by atoms with Crippen molar-refractivity contribution in [2.24, 2.45) is 17.8 Å². The summed E-state index contributed by atoms with van der Waals surface area (Å²) in [5.41, 5.74) is 1.85. The van der Waals surface area contributed by atoms with E-state index in [1.807, 2.05) is 71.6 Å². The molecule has 1 aliphatic heterocycles. The van der Waals surface area contributed by atoms with Gasteiger partial charge < -0.3 is 9.64 Å². The quantitative estimate of drug-likeness (QED) is 0.431. The van der Waals surface area contributed by atoms with E-state index >= 15 is 0 Å². The van der Waals surface area contributed by atoms with Crippen LogP contribution in [0.4, 0.5) is 0 Å². The number of esters is 1. The Labute approximate surface area is 177 Å². The molecule has 1 fully saturated rings. The molecule has 1 saturated heterocycles. The lowest BCUT2D eigenvalue weighted by Crippen LogP contribution is -2.50. The van der Waals surface area contributed by atoms with Crippen LogP contribution in [0.25, 0.3) is 0 Å². The van der Waals surface area contributed by atoms with Crippen molar-refractivity contribution in [1.82, 2.24) is 4.90 Å². The lowest BCUT2D eigenvalue weighted by Gasteiger charge is -2.41. The van der Waals surface area contributed by atoms with Gasteiger partial charge in [-0.1, -0.05) is 78.7 Å². The number of terminal acetylenes is 1. The molecule has 2 aromatic rings. The first kappa shape index (κ1) is 20.0. The number of piperidine rings is 1. The zero-order valence-electron chi connectivity index (χ0n) is 16.8. The van der Waals surface area contributed by atoms with Gasteiger partial charge >= 0.3 is 5.97 Å². The average Bonchev–Trinajstić information content (AvgIpc) is 2.80. The lowest BCUT2D eigenvalue weighted by atomic mass is 9.71. The maximum absolute atomic E-state index is 13.3. The topological polar surface area (TPSA) is 46.6 Å². The Morgan fingerprint density at radius 1 is 1.13 bits per heavy atom. The minimum Gasteiger partial charge on any atom is -0.444 e.